The summed E-state index contributed by atoms with van der Waals surface area (Å²) in [5.74, 6) is -0.810. The Morgan fingerprint density at radius 2 is 1.86 bits per heavy atom. The first-order valence-corrected chi connectivity index (χ1v) is 12.4. The number of rotatable bonds is 8. The Bertz CT molecular complexity index is 1190. The van der Waals surface area contributed by atoms with E-state index in [0.29, 0.717) is 17.9 Å². The molecule has 0 aliphatic carbocycles. The molecule has 1 amide bonds. The summed E-state index contributed by atoms with van der Waals surface area (Å²) in [5.41, 5.74) is 1.45. The minimum atomic E-state index is -1.05. The van der Waals surface area contributed by atoms with Crippen LogP contribution in [0.5, 0.6) is 5.75 Å². The Morgan fingerprint density at radius 3 is 2.53 bits per heavy atom. The zero-order valence-electron chi connectivity index (χ0n) is 20.6. The Labute approximate surface area is 214 Å². The lowest BCUT2D eigenvalue weighted by atomic mass is 9.76. The number of hydrogen-bond donors (Lipinski definition) is 2. The van der Waals surface area contributed by atoms with E-state index in [2.05, 4.69) is 15.5 Å². The third-order valence-corrected chi connectivity index (χ3v) is 7.37. The molecule has 2 N–H and O–H groups in total. The van der Waals surface area contributed by atoms with Crippen molar-refractivity contribution in [2.75, 3.05) is 0 Å². The van der Waals surface area contributed by atoms with Crippen molar-refractivity contribution in [2.45, 2.75) is 57.2 Å². The number of carbonyl (C=O) groups excluding carboxylic acids is 1. The zero-order chi connectivity index (χ0) is 25.9. The number of hydrogen-bond acceptors (Lipinski definition) is 8. The third kappa shape index (κ3) is 5.97. The number of benzene rings is 2. The van der Waals surface area contributed by atoms with Crippen LogP contribution in [0.15, 0.2) is 58.7 Å². The molecule has 0 aromatic heterocycles. The molecule has 2 heterocycles. The Kier molecular flexibility index (Phi) is 7.53. The highest BCUT2D eigenvalue weighted by Gasteiger charge is 2.52. The van der Waals surface area contributed by atoms with Gasteiger partial charge in [0.2, 0.25) is 5.91 Å². The van der Waals surface area contributed by atoms with Crippen LogP contribution >= 0.6 is 11.8 Å². The van der Waals surface area contributed by atoms with E-state index >= 15 is 0 Å². The van der Waals surface area contributed by atoms with Gasteiger partial charge >= 0.3 is 13.1 Å². The largest absolute Gasteiger partial charge is 0.495 e. The average molecular weight is 509 g/mol. The van der Waals surface area contributed by atoms with Crippen molar-refractivity contribution >= 4 is 47.6 Å². The van der Waals surface area contributed by atoms with E-state index in [0.717, 1.165) is 22.8 Å². The molecule has 2 saturated heterocycles. The molecule has 0 saturated carbocycles. The minimum absolute atomic E-state index is 0.246. The monoisotopic (exact) mass is 509 g/mol. The predicted molar refractivity (Wildman–Crippen MR) is 140 cm³/mol. The van der Waals surface area contributed by atoms with Gasteiger partial charge in [0.15, 0.2) is 5.17 Å². The Morgan fingerprint density at radius 1 is 1.17 bits per heavy atom. The van der Waals surface area contributed by atoms with Gasteiger partial charge in [-0.3, -0.25) is 9.59 Å². The number of nitrogens with one attached hydrogen (secondary N) is 1. The highest BCUT2D eigenvalue weighted by Crippen LogP contribution is 2.36. The maximum absolute atomic E-state index is 12.0. The van der Waals surface area contributed by atoms with Crippen LogP contribution in [0.2, 0.25) is 0 Å². The predicted octanol–water partition coefficient (Wildman–Crippen LogP) is 2.96. The van der Waals surface area contributed by atoms with Crippen molar-refractivity contribution in [3.8, 4) is 5.75 Å². The lowest BCUT2D eigenvalue weighted by Gasteiger charge is -2.32. The molecule has 0 radical (unpaired) electrons. The van der Waals surface area contributed by atoms with Crippen molar-refractivity contribution < 1.29 is 28.7 Å². The van der Waals surface area contributed by atoms with Crippen LogP contribution in [0.1, 0.15) is 45.2 Å². The maximum atomic E-state index is 12.0. The van der Waals surface area contributed by atoms with Crippen LogP contribution in [0.25, 0.3) is 0 Å². The summed E-state index contributed by atoms with van der Waals surface area (Å²) in [6, 6.07) is 15.4. The number of carboxylic acids is 1. The lowest BCUT2D eigenvalue weighted by molar-refractivity contribution is -0.138. The summed E-state index contributed by atoms with van der Waals surface area (Å²) in [6.07, 6.45) is 1.26. The molecule has 0 bridgehead atoms. The summed E-state index contributed by atoms with van der Waals surface area (Å²) in [6.45, 7) is 8.34. The number of nitrogens with zero attached hydrogens (tertiary/aromatic N) is 2. The number of amides is 1. The molecule has 11 heteroatoms. The number of carboxylic acid groups (broad SMARTS) is 1. The van der Waals surface area contributed by atoms with Crippen molar-refractivity contribution in [1.29, 1.82) is 0 Å². The highest BCUT2D eigenvalue weighted by molar-refractivity contribution is 8.15. The summed E-state index contributed by atoms with van der Waals surface area (Å²) >= 11 is 1.04. The third-order valence-electron chi connectivity index (χ3n) is 6.30. The lowest BCUT2D eigenvalue weighted by Crippen LogP contribution is -2.41. The van der Waals surface area contributed by atoms with Crippen molar-refractivity contribution in [2.24, 2.45) is 10.2 Å². The van der Waals surface area contributed by atoms with Gasteiger partial charge < -0.3 is 24.5 Å². The van der Waals surface area contributed by atoms with Crippen LogP contribution < -0.4 is 15.5 Å². The first-order chi connectivity index (χ1) is 17.0. The minimum Gasteiger partial charge on any atom is -0.489 e. The molecule has 36 heavy (non-hydrogen) atoms. The molecule has 1 unspecified atom stereocenters. The SMILES string of the molecule is CC1(C)OB(c2ccc(OCc3ccccc3)cc2C=NN=C2NC(=O)C(CC(=O)O)S2)OC1(C)C. The summed E-state index contributed by atoms with van der Waals surface area (Å²) < 4.78 is 18.4. The van der Waals surface area contributed by atoms with E-state index in [9.17, 15) is 9.59 Å². The Balaban J connectivity index is 1.57. The molecular formula is C25H28BN3O6S. The van der Waals surface area contributed by atoms with Crippen molar-refractivity contribution in [3.05, 3.63) is 59.7 Å². The van der Waals surface area contributed by atoms with Crippen LogP contribution in [-0.2, 0) is 25.5 Å². The topological polar surface area (TPSA) is 119 Å². The zero-order valence-corrected chi connectivity index (χ0v) is 21.4. The van der Waals surface area contributed by atoms with Gasteiger partial charge in [-0.05, 0) is 56.4 Å². The van der Waals surface area contributed by atoms with Crippen molar-refractivity contribution in [3.63, 3.8) is 0 Å². The number of amidine groups is 1. The number of aliphatic carboxylic acids is 1. The molecular weight excluding hydrogens is 481 g/mol. The van der Waals surface area contributed by atoms with Gasteiger partial charge in [0, 0.05) is 0 Å². The second-order valence-corrected chi connectivity index (χ2v) is 10.7. The van der Waals surface area contributed by atoms with E-state index in [1.165, 1.54) is 0 Å². The summed E-state index contributed by atoms with van der Waals surface area (Å²) in [5, 5.41) is 19.3. The Hall–Kier alpha value is -3.15. The van der Waals surface area contributed by atoms with Gasteiger partial charge in [0.1, 0.15) is 17.6 Å². The quantitative estimate of drug-likeness (QED) is 0.319. The highest BCUT2D eigenvalue weighted by atomic mass is 32.2. The summed E-state index contributed by atoms with van der Waals surface area (Å²) in [4.78, 5) is 22.9. The fourth-order valence-corrected chi connectivity index (χ4v) is 4.48. The van der Waals surface area contributed by atoms with Gasteiger partial charge in [-0.25, -0.2) is 0 Å². The van der Waals surface area contributed by atoms with Crippen LogP contribution in [0.4, 0.5) is 0 Å². The maximum Gasteiger partial charge on any atom is 0.495 e. The molecule has 2 aromatic carbocycles. The molecule has 2 aliphatic heterocycles. The second kappa shape index (κ2) is 10.5. The van der Waals surface area contributed by atoms with Crippen LogP contribution in [0, 0.1) is 0 Å². The molecule has 0 spiro atoms. The van der Waals surface area contributed by atoms with Gasteiger partial charge in [-0.1, -0.05) is 48.2 Å². The second-order valence-electron chi connectivity index (χ2n) is 9.50. The molecule has 4 rings (SSSR count). The summed E-state index contributed by atoms with van der Waals surface area (Å²) in [7, 11) is -0.618. The number of carbonyl (C=O) groups is 2. The molecule has 2 aliphatic rings. The molecule has 2 aromatic rings. The van der Waals surface area contributed by atoms with Crippen molar-refractivity contribution in [1.82, 2.24) is 5.32 Å². The molecule has 188 valence electrons. The van der Waals surface area contributed by atoms with Crippen LogP contribution in [-0.4, -0.2) is 51.9 Å². The molecule has 9 nitrogen and oxygen atoms in total. The van der Waals surface area contributed by atoms with Gasteiger partial charge in [-0.2, -0.15) is 5.10 Å². The fourth-order valence-electron chi connectivity index (χ4n) is 3.57. The van der Waals surface area contributed by atoms with E-state index in [1.807, 2.05) is 76.2 Å². The standard InChI is InChI=1S/C25H28BN3O6S/c1-24(2)25(3,4)35-26(34-24)19-11-10-18(33-15-16-8-6-5-7-9-16)12-17(19)14-27-29-23-28-22(32)20(36-23)13-21(30)31/h5-12,14,20H,13,15H2,1-4H3,(H,30,31)(H,28,29,32). The smallest absolute Gasteiger partial charge is 0.489 e. The molecule has 2 fully saturated rings. The van der Waals surface area contributed by atoms with Gasteiger partial charge in [0.25, 0.3) is 0 Å². The number of ether oxygens (including phenoxy) is 1. The van der Waals surface area contributed by atoms with E-state index in [4.69, 9.17) is 19.2 Å². The van der Waals surface area contributed by atoms with E-state index in [-0.39, 0.29) is 11.6 Å². The average Bonchev–Trinajstić information content (AvgIpc) is 3.26. The van der Waals surface area contributed by atoms with E-state index < -0.39 is 35.4 Å². The normalized spacial score (nSPS) is 21.8. The molecule has 1 atom stereocenters. The fraction of sp³-hybridized carbons (Fsp3) is 0.360. The first kappa shape index (κ1) is 25.9. The van der Waals surface area contributed by atoms with E-state index in [1.54, 1.807) is 6.21 Å². The van der Waals surface area contributed by atoms with Gasteiger partial charge in [-0.15, -0.1) is 5.10 Å². The number of thioether (sulfide) groups is 1. The van der Waals surface area contributed by atoms with Gasteiger partial charge in [0.05, 0.1) is 23.8 Å². The van der Waals surface area contributed by atoms with Crippen LogP contribution in [0.3, 0.4) is 0 Å². The first-order valence-electron chi connectivity index (χ1n) is 11.5.